The Morgan fingerprint density at radius 1 is 1.26 bits per heavy atom. The van der Waals surface area contributed by atoms with Gasteiger partial charge in [0.15, 0.2) is 0 Å². The number of ether oxygens (including phenoxy) is 3. The zero-order valence-corrected chi connectivity index (χ0v) is 11.4. The van der Waals surface area contributed by atoms with Crippen LogP contribution in [0.15, 0.2) is 24.3 Å². The minimum atomic E-state index is -0.578. The van der Waals surface area contributed by atoms with Gasteiger partial charge >= 0.3 is 0 Å². The monoisotopic (exact) mass is 266 g/mol. The minimum absolute atomic E-state index is 0.337. The molecule has 0 spiro atoms. The van der Waals surface area contributed by atoms with Gasteiger partial charge < -0.3 is 19.3 Å². The number of aliphatic hydroxyl groups excluding tert-OH is 1. The predicted molar refractivity (Wildman–Crippen MR) is 72.3 cm³/mol. The summed E-state index contributed by atoms with van der Waals surface area (Å²) >= 11 is 0. The van der Waals surface area contributed by atoms with Crippen LogP contribution in [0.3, 0.4) is 0 Å². The van der Waals surface area contributed by atoms with Crippen molar-refractivity contribution < 1.29 is 19.3 Å². The van der Waals surface area contributed by atoms with Gasteiger partial charge in [0, 0.05) is 19.8 Å². The Morgan fingerprint density at radius 3 is 2.58 bits per heavy atom. The molecule has 0 amide bonds. The number of methoxy groups -OCH3 is 1. The van der Waals surface area contributed by atoms with E-state index in [1.807, 2.05) is 24.3 Å². The van der Waals surface area contributed by atoms with Crippen LogP contribution in [0.5, 0.6) is 5.75 Å². The van der Waals surface area contributed by atoms with Crippen LogP contribution in [0, 0.1) is 5.92 Å². The molecule has 1 heterocycles. The summed E-state index contributed by atoms with van der Waals surface area (Å²) in [5.41, 5.74) is 0.854. The van der Waals surface area contributed by atoms with Gasteiger partial charge in [-0.05, 0) is 36.5 Å². The maximum absolute atomic E-state index is 10.0. The van der Waals surface area contributed by atoms with Crippen LogP contribution in [0.25, 0.3) is 0 Å². The maximum Gasteiger partial charge on any atom is 0.118 e. The first kappa shape index (κ1) is 14.3. The molecule has 1 aliphatic rings. The topological polar surface area (TPSA) is 47.9 Å². The Balaban J connectivity index is 1.72. The molecule has 1 N–H and O–H groups in total. The molecule has 1 aromatic carbocycles. The highest BCUT2D eigenvalue weighted by molar-refractivity contribution is 5.28. The van der Waals surface area contributed by atoms with E-state index in [1.54, 1.807) is 7.11 Å². The molecule has 1 unspecified atom stereocenters. The zero-order chi connectivity index (χ0) is 13.5. The normalized spacial score (nSPS) is 18.2. The van der Waals surface area contributed by atoms with E-state index in [0.29, 0.717) is 19.1 Å². The first-order valence-electron chi connectivity index (χ1n) is 6.77. The predicted octanol–water partition coefficient (Wildman–Crippen LogP) is 2.17. The van der Waals surface area contributed by atoms with Gasteiger partial charge in [-0.1, -0.05) is 12.1 Å². The summed E-state index contributed by atoms with van der Waals surface area (Å²) in [4.78, 5) is 0. The van der Waals surface area contributed by atoms with Crippen LogP contribution in [0.2, 0.25) is 0 Å². The van der Waals surface area contributed by atoms with Crippen molar-refractivity contribution in [2.75, 3.05) is 33.5 Å². The Kier molecular flexibility index (Phi) is 5.63. The number of hydrogen-bond acceptors (Lipinski definition) is 4. The molecule has 4 heteroatoms. The average Bonchev–Trinajstić information content (AvgIpc) is 2.48. The van der Waals surface area contributed by atoms with Gasteiger partial charge in [0.25, 0.3) is 0 Å². The van der Waals surface area contributed by atoms with Crippen molar-refractivity contribution in [2.24, 2.45) is 5.92 Å². The highest BCUT2D eigenvalue weighted by Crippen LogP contribution is 2.19. The van der Waals surface area contributed by atoms with Crippen molar-refractivity contribution in [3.05, 3.63) is 29.8 Å². The summed E-state index contributed by atoms with van der Waals surface area (Å²) in [6, 6.07) is 7.41. The fraction of sp³-hybridized carbons (Fsp3) is 0.600. The van der Waals surface area contributed by atoms with Gasteiger partial charge in [0.2, 0.25) is 0 Å². The molecule has 4 nitrogen and oxygen atoms in total. The summed E-state index contributed by atoms with van der Waals surface area (Å²) in [7, 11) is 1.63. The zero-order valence-electron chi connectivity index (χ0n) is 11.4. The molecule has 0 aromatic heterocycles. The Morgan fingerprint density at radius 2 is 1.95 bits per heavy atom. The van der Waals surface area contributed by atoms with Gasteiger partial charge in [-0.25, -0.2) is 0 Å². The van der Waals surface area contributed by atoms with Crippen LogP contribution in [0.1, 0.15) is 24.5 Å². The van der Waals surface area contributed by atoms with E-state index < -0.39 is 6.10 Å². The van der Waals surface area contributed by atoms with Gasteiger partial charge in [0.1, 0.15) is 11.9 Å². The average molecular weight is 266 g/mol. The van der Waals surface area contributed by atoms with Crippen LogP contribution in [0.4, 0.5) is 0 Å². The molecule has 1 saturated heterocycles. The number of benzene rings is 1. The van der Waals surface area contributed by atoms with E-state index in [-0.39, 0.29) is 0 Å². The molecule has 2 rings (SSSR count). The summed E-state index contributed by atoms with van der Waals surface area (Å²) < 4.78 is 16.0. The highest BCUT2D eigenvalue weighted by atomic mass is 16.5. The Hall–Kier alpha value is -1.10. The van der Waals surface area contributed by atoms with E-state index in [2.05, 4.69) is 0 Å². The second-order valence-corrected chi connectivity index (χ2v) is 4.88. The molecule has 1 aromatic rings. The van der Waals surface area contributed by atoms with E-state index in [9.17, 15) is 5.11 Å². The fourth-order valence-electron chi connectivity index (χ4n) is 2.18. The minimum Gasteiger partial charge on any atom is -0.497 e. The lowest BCUT2D eigenvalue weighted by Crippen LogP contribution is -2.21. The highest BCUT2D eigenvalue weighted by Gasteiger charge is 2.15. The standard InChI is InChI=1S/C15H22O4/c1-17-14-4-2-13(3-5-14)15(16)11-19-10-12-6-8-18-9-7-12/h2-5,12,15-16H,6-11H2,1H3. The van der Waals surface area contributed by atoms with Crippen molar-refractivity contribution in [1.29, 1.82) is 0 Å². The molecule has 106 valence electrons. The van der Waals surface area contributed by atoms with Gasteiger partial charge in [-0.2, -0.15) is 0 Å². The van der Waals surface area contributed by atoms with Crippen LogP contribution in [-0.2, 0) is 9.47 Å². The lowest BCUT2D eigenvalue weighted by Gasteiger charge is -2.22. The SMILES string of the molecule is COc1ccc(C(O)COCC2CCOCC2)cc1. The van der Waals surface area contributed by atoms with Gasteiger partial charge in [-0.15, -0.1) is 0 Å². The third-order valence-corrected chi connectivity index (χ3v) is 3.47. The Bertz CT molecular complexity index is 357. The lowest BCUT2D eigenvalue weighted by molar-refractivity contribution is -0.00966. The first-order valence-corrected chi connectivity index (χ1v) is 6.77. The van der Waals surface area contributed by atoms with Gasteiger partial charge in [0.05, 0.1) is 13.7 Å². The lowest BCUT2D eigenvalue weighted by atomic mass is 10.0. The van der Waals surface area contributed by atoms with Crippen molar-refractivity contribution in [2.45, 2.75) is 18.9 Å². The molecule has 1 fully saturated rings. The van der Waals surface area contributed by atoms with Crippen molar-refractivity contribution in [1.82, 2.24) is 0 Å². The van der Waals surface area contributed by atoms with E-state index >= 15 is 0 Å². The van der Waals surface area contributed by atoms with E-state index in [4.69, 9.17) is 14.2 Å². The third-order valence-electron chi connectivity index (χ3n) is 3.47. The van der Waals surface area contributed by atoms with Gasteiger partial charge in [-0.3, -0.25) is 0 Å². The van der Waals surface area contributed by atoms with Crippen LogP contribution in [-0.4, -0.2) is 38.6 Å². The van der Waals surface area contributed by atoms with Crippen molar-refractivity contribution in [3.8, 4) is 5.75 Å². The molecule has 0 saturated carbocycles. The molecule has 0 aliphatic carbocycles. The molecular weight excluding hydrogens is 244 g/mol. The number of hydrogen-bond donors (Lipinski definition) is 1. The molecular formula is C15H22O4. The second-order valence-electron chi connectivity index (χ2n) is 4.88. The fourth-order valence-corrected chi connectivity index (χ4v) is 2.18. The largest absolute Gasteiger partial charge is 0.497 e. The maximum atomic E-state index is 10.0. The smallest absolute Gasteiger partial charge is 0.118 e. The number of rotatable bonds is 6. The Labute approximate surface area is 114 Å². The van der Waals surface area contributed by atoms with Crippen LogP contribution < -0.4 is 4.74 Å². The quantitative estimate of drug-likeness (QED) is 0.857. The van der Waals surface area contributed by atoms with E-state index in [1.165, 1.54) is 0 Å². The summed E-state index contributed by atoms with van der Waals surface area (Å²) in [5, 5.41) is 10.0. The van der Waals surface area contributed by atoms with E-state index in [0.717, 1.165) is 37.4 Å². The van der Waals surface area contributed by atoms with Crippen LogP contribution >= 0.6 is 0 Å². The summed E-state index contributed by atoms with van der Waals surface area (Å²) in [5.74, 6) is 1.36. The first-order chi connectivity index (χ1) is 9.29. The molecule has 1 aliphatic heterocycles. The van der Waals surface area contributed by atoms with Crippen molar-refractivity contribution >= 4 is 0 Å². The molecule has 0 radical (unpaired) electrons. The number of aliphatic hydroxyl groups is 1. The molecule has 19 heavy (non-hydrogen) atoms. The molecule has 1 atom stereocenters. The second kappa shape index (κ2) is 7.48. The summed E-state index contributed by atoms with van der Waals surface area (Å²) in [6.45, 7) is 2.70. The molecule has 0 bridgehead atoms. The third kappa shape index (κ3) is 4.49. The summed E-state index contributed by atoms with van der Waals surface area (Å²) in [6.07, 6.45) is 1.53. The van der Waals surface area contributed by atoms with Crippen molar-refractivity contribution in [3.63, 3.8) is 0 Å².